The second kappa shape index (κ2) is 5.56. The molecule has 2 saturated heterocycles. The van der Waals surface area contributed by atoms with E-state index in [1.807, 2.05) is 0 Å². The van der Waals surface area contributed by atoms with Gasteiger partial charge in [0.15, 0.2) is 0 Å². The highest BCUT2D eigenvalue weighted by Gasteiger charge is 2.53. The zero-order valence-corrected chi connectivity index (χ0v) is 14.4. The minimum Gasteiger partial charge on any atom is -0.368 e. The zero-order chi connectivity index (χ0) is 15.1. The third-order valence-corrected chi connectivity index (χ3v) is 5.31. The van der Waals surface area contributed by atoms with Crippen molar-refractivity contribution in [2.75, 3.05) is 40.8 Å². The molecule has 0 aromatic heterocycles. The second-order valence-electron chi connectivity index (χ2n) is 7.85. The van der Waals surface area contributed by atoms with E-state index in [2.05, 4.69) is 64.0 Å². The highest BCUT2D eigenvalue weighted by Crippen LogP contribution is 2.42. The first-order valence-corrected chi connectivity index (χ1v) is 7.93. The summed E-state index contributed by atoms with van der Waals surface area (Å²) in [6.07, 6.45) is 1.29. The van der Waals surface area contributed by atoms with Gasteiger partial charge < -0.3 is 19.9 Å². The molecule has 4 heteroatoms. The van der Waals surface area contributed by atoms with Gasteiger partial charge in [0.2, 0.25) is 0 Å². The number of rotatable bonds is 4. The summed E-state index contributed by atoms with van der Waals surface area (Å²) < 4.78 is 6.34. The normalized spacial score (nSPS) is 36.9. The number of hydrogen-bond acceptors (Lipinski definition) is 4. The SMILES string of the molecule is CNC1C(CN2CCC(N(C)C)C2)C(C)(C)OC1(C)C. The first kappa shape index (κ1) is 16.2. The van der Waals surface area contributed by atoms with Crippen LogP contribution in [0.2, 0.25) is 0 Å². The Morgan fingerprint density at radius 1 is 1.20 bits per heavy atom. The van der Waals surface area contributed by atoms with Crippen molar-refractivity contribution in [2.24, 2.45) is 5.92 Å². The third kappa shape index (κ3) is 3.03. The zero-order valence-electron chi connectivity index (χ0n) is 14.4. The molecule has 0 radical (unpaired) electrons. The Hall–Kier alpha value is -0.160. The van der Waals surface area contributed by atoms with E-state index in [1.165, 1.54) is 19.5 Å². The highest BCUT2D eigenvalue weighted by molar-refractivity contribution is 5.06. The van der Waals surface area contributed by atoms with Gasteiger partial charge in [-0.15, -0.1) is 0 Å². The molecule has 2 aliphatic heterocycles. The Kier molecular flexibility index (Phi) is 4.51. The van der Waals surface area contributed by atoms with Crippen LogP contribution in [-0.4, -0.2) is 73.9 Å². The molecular weight excluding hydrogens is 250 g/mol. The smallest absolute Gasteiger partial charge is 0.0790 e. The van der Waals surface area contributed by atoms with Crippen LogP contribution in [-0.2, 0) is 4.74 Å². The van der Waals surface area contributed by atoms with Crippen molar-refractivity contribution in [3.8, 4) is 0 Å². The Morgan fingerprint density at radius 3 is 2.35 bits per heavy atom. The van der Waals surface area contributed by atoms with Gasteiger partial charge >= 0.3 is 0 Å². The number of likely N-dealkylation sites (N-methyl/N-ethyl adjacent to an activating group) is 2. The average Bonchev–Trinajstić information content (AvgIpc) is 2.81. The van der Waals surface area contributed by atoms with E-state index in [0.29, 0.717) is 18.0 Å². The topological polar surface area (TPSA) is 27.7 Å². The number of likely N-dealkylation sites (tertiary alicyclic amines) is 1. The molecule has 3 atom stereocenters. The van der Waals surface area contributed by atoms with Crippen molar-refractivity contribution in [3.63, 3.8) is 0 Å². The van der Waals surface area contributed by atoms with Crippen LogP contribution < -0.4 is 5.32 Å². The standard InChI is InChI=1S/C16H33N3O/c1-15(2)13(14(17-5)16(3,4)20-15)11-19-9-8-12(10-19)18(6)7/h12-14,17H,8-11H2,1-7H3. The van der Waals surface area contributed by atoms with Crippen LogP contribution in [0.3, 0.4) is 0 Å². The fourth-order valence-corrected chi connectivity index (χ4v) is 4.25. The van der Waals surface area contributed by atoms with E-state index in [1.54, 1.807) is 0 Å². The molecule has 0 bridgehead atoms. The monoisotopic (exact) mass is 283 g/mol. The van der Waals surface area contributed by atoms with Crippen molar-refractivity contribution in [1.29, 1.82) is 0 Å². The average molecular weight is 283 g/mol. The van der Waals surface area contributed by atoms with E-state index < -0.39 is 0 Å². The number of ether oxygens (including phenoxy) is 1. The van der Waals surface area contributed by atoms with Crippen molar-refractivity contribution in [1.82, 2.24) is 15.1 Å². The van der Waals surface area contributed by atoms with Crippen LogP contribution in [0.4, 0.5) is 0 Å². The van der Waals surface area contributed by atoms with Gasteiger partial charge in [0.25, 0.3) is 0 Å². The molecule has 2 heterocycles. The molecule has 20 heavy (non-hydrogen) atoms. The summed E-state index contributed by atoms with van der Waals surface area (Å²) in [4.78, 5) is 4.97. The van der Waals surface area contributed by atoms with E-state index in [-0.39, 0.29) is 11.2 Å². The molecule has 2 rings (SSSR count). The van der Waals surface area contributed by atoms with E-state index in [4.69, 9.17) is 4.74 Å². The molecule has 118 valence electrons. The van der Waals surface area contributed by atoms with Gasteiger partial charge in [-0.2, -0.15) is 0 Å². The molecule has 0 amide bonds. The summed E-state index contributed by atoms with van der Waals surface area (Å²) in [7, 11) is 6.45. The van der Waals surface area contributed by atoms with E-state index in [9.17, 15) is 0 Å². The molecule has 0 aliphatic carbocycles. The fraction of sp³-hybridized carbons (Fsp3) is 1.00. The van der Waals surface area contributed by atoms with Crippen LogP contribution in [0, 0.1) is 5.92 Å². The van der Waals surface area contributed by atoms with E-state index in [0.717, 1.165) is 6.54 Å². The van der Waals surface area contributed by atoms with Gasteiger partial charge in [0.05, 0.1) is 11.2 Å². The summed E-state index contributed by atoms with van der Waals surface area (Å²) in [5, 5.41) is 3.51. The maximum absolute atomic E-state index is 6.34. The lowest BCUT2D eigenvalue weighted by molar-refractivity contribution is -0.0791. The molecule has 0 aromatic carbocycles. The molecule has 2 aliphatic rings. The van der Waals surface area contributed by atoms with Gasteiger partial charge in [-0.25, -0.2) is 0 Å². The van der Waals surface area contributed by atoms with Gasteiger partial charge in [-0.3, -0.25) is 0 Å². The highest BCUT2D eigenvalue weighted by atomic mass is 16.5. The van der Waals surface area contributed by atoms with Crippen LogP contribution in [0.15, 0.2) is 0 Å². The van der Waals surface area contributed by atoms with E-state index >= 15 is 0 Å². The summed E-state index contributed by atoms with van der Waals surface area (Å²) in [5.74, 6) is 0.531. The lowest BCUT2D eigenvalue weighted by atomic mass is 9.82. The first-order chi connectivity index (χ1) is 9.17. The van der Waals surface area contributed by atoms with Crippen molar-refractivity contribution >= 4 is 0 Å². The third-order valence-electron chi connectivity index (χ3n) is 5.31. The minimum absolute atomic E-state index is 0.0621. The molecule has 3 unspecified atom stereocenters. The molecule has 0 saturated carbocycles. The summed E-state index contributed by atoms with van der Waals surface area (Å²) in [5.41, 5.74) is -0.156. The Labute approximate surface area is 124 Å². The lowest BCUT2D eigenvalue weighted by Gasteiger charge is -2.33. The lowest BCUT2D eigenvalue weighted by Crippen LogP contribution is -2.49. The van der Waals surface area contributed by atoms with Crippen LogP contribution in [0.25, 0.3) is 0 Å². The Bertz CT molecular complexity index is 341. The summed E-state index contributed by atoms with van der Waals surface area (Å²) >= 11 is 0. The van der Waals surface area contributed by atoms with Crippen molar-refractivity contribution < 1.29 is 4.74 Å². The van der Waals surface area contributed by atoms with Gasteiger partial charge in [-0.05, 0) is 61.8 Å². The predicted molar refractivity (Wildman–Crippen MR) is 84.1 cm³/mol. The molecule has 2 fully saturated rings. The van der Waals surface area contributed by atoms with Crippen LogP contribution in [0.5, 0.6) is 0 Å². The quantitative estimate of drug-likeness (QED) is 0.844. The second-order valence-corrected chi connectivity index (χ2v) is 7.85. The van der Waals surface area contributed by atoms with Gasteiger partial charge in [0, 0.05) is 31.1 Å². The fourth-order valence-electron chi connectivity index (χ4n) is 4.25. The number of nitrogens with zero attached hydrogens (tertiary/aromatic N) is 2. The molecule has 0 aromatic rings. The first-order valence-electron chi connectivity index (χ1n) is 7.93. The van der Waals surface area contributed by atoms with Crippen molar-refractivity contribution in [3.05, 3.63) is 0 Å². The van der Waals surface area contributed by atoms with Gasteiger partial charge in [-0.1, -0.05) is 0 Å². The van der Waals surface area contributed by atoms with Crippen LogP contribution >= 0.6 is 0 Å². The minimum atomic E-state index is -0.0937. The summed E-state index contributed by atoms with van der Waals surface area (Å²) in [6, 6.07) is 1.12. The molecule has 0 spiro atoms. The maximum Gasteiger partial charge on any atom is 0.0790 e. The predicted octanol–water partition coefficient (Wildman–Crippen LogP) is 1.41. The largest absolute Gasteiger partial charge is 0.368 e. The molecular formula is C16H33N3O. The Balaban J connectivity index is 2.04. The number of hydrogen-bond donors (Lipinski definition) is 1. The van der Waals surface area contributed by atoms with Gasteiger partial charge in [0.1, 0.15) is 0 Å². The van der Waals surface area contributed by atoms with Crippen LogP contribution in [0.1, 0.15) is 34.1 Å². The molecule has 1 N–H and O–H groups in total. The Morgan fingerprint density at radius 2 is 1.85 bits per heavy atom. The van der Waals surface area contributed by atoms with Crippen molar-refractivity contribution in [2.45, 2.75) is 57.4 Å². The maximum atomic E-state index is 6.34. The number of nitrogens with one attached hydrogen (secondary N) is 1. The summed E-state index contributed by atoms with van der Waals surface area (Å²) in [6.45, 7) is 12.5. The molecule has 4 nitrogen and oxygen atoms in total.